The van der Waals surface area contributed by atoms with Gasteiger partial charge < -0.3 is 25.0 Å². The number of ether oxygens (including phenoxy) is 1. The van der Waals surface area contributed by atoms with Crippen LogP contribution in [0, 0.1) is 17.2 Å². The summed E-state index contributed by atoms with van der Waals surface area (Å²) in [6, 6.07) is 4.13. The molecule has 1 atom stereocenters. The number of carbonyl (C=O) groups excluding carboxylic acids is 1. The van der Waals surface area contributed by atoms with Crippen molar-refractivity contribution >= 4 is 17.8 Å². The SMILES string of the molecule is CCN(C(=O)c1cc(F)ccc1Oc1nncnc1N1CCC2(C1)CN([C@@H](CCNC(=O)O)C(C)C)C2)C(C)C. The number of rotatable bonds is 11. The third kappa shape index (κ3) is 6.43. The second kappa shape index (κ2) is 12.3. The Hall–Kier alpha value is -3.54. The molecule has 40 heavy (non-hydrogen) atoms. The molecule has 2 aliphatic rings. The average molecular weight is 558 g/mol. The van der Waals surface area contributed by atoms with Crippen molar-refractivity contribution in [2.75, 3.05) is 44.2 Å². The maximum atomic E-state index is 14.2. The molecule has 0 unspecified atom stereocenters. The monoisotopic (exact) mass is 557 g/mol. The molecule has 0 saturated carbocycles. The number of benzene rings is 1. The molecule has 2 aliphatic heterocycles. The molecule has 2 amide bonds. The Morgan fingerprint density at radius 2 is 1.98 bits per heavy atom. The molecule has 0 aliphatic carbocycles. The summed E-state index contributed by atoms with van der Waals surface area (Å²) in [5.41, 5.74) is 0.225. The predicted molar refractivity (Wildman–Crippen MR) is 148 cm³/mol. The van der Waals surface area contributed by atoms with Crippen molar-refractivity contribution < 1.29 is 23.8 Å². The molecular weight excluding hydrogens is 517 g/mol. The van der Waals surface area contributed by atoms with Gasteiger partial charge in [0.05, 0.1) is 5.56 Å². The first-order valence-corrected chi connectivity index (χ1v) is 14.0. The zero-order chi connectivity index (χ0) is 29.0. The van der Waals surface area contributed by atoms with E-state index < -0.39 is 11.9 Å². The highest BCUT2D eigenvalue weighted by Crippen LogP contribution is 2.44. The number of carboxylic acid groups (broad SMARTS) is 1. The Morgan fingerprint density at radius 3 is 2.62 bits per heavy atom. The van der Waals surface area contributed by atoms with E-state index in [9.17, 15) is 14.0 Å². The van der Waals surface area contributed by atoms with Gasteiger partial charge in [-0.05, 0) is 57.7 Å². The summed E-state index contributed by atoms with van der Waals surface area (Å²) in [5, 5.41) is 19.5. The lowest BCUT2D eigenvalue weighted by Gasteiger charge is -2.52. The van der Waals surface area contributed by atoms with E-state index in [1.807, 2.05) is 20.8 Å². The van der Waals surface area contributed by atoms with E-state index in [4.69, 9.17) is 9.84 Å². The molecule has 0 radical (unpaired) electrons. The van der Waals surface area contributed by atoms with Gasteiger partial charge in [0, 0.05) is 56.8 Å². The molecule has 2 aromatic rings. The predicted octanol–water partition coefficient (Wildman–Crippen LogP) is 3.87. The molecule has 0 bridgehead atoms. The molecule has 11 nitrogen and oxygen atoms in total. The Kier molecular flexibility index (Phi) is 9.07. The number of anilines is 1. The number of aromatic nitrogens is 3. The van der Waals surface area contributed by atoms with Gasteiger partial charge in [0.25, 0.3) is 11.8 Å². The van der Waals surface area contributed by atoms with Crippen LogP contribution in [0.1, 0.15) is 57.8 Å². The van der Waals surface area contributed by atoms with E-state index >= 15 is 0 Å². The molecule has 218 valence electrons. The molecule has 3 heterocycles. The number of amides is 2. The van der Waals surface area contributed by atoms with Gasteiger partial charge in [0.2, 0.25) is 0 Å². The quantitative estimate of drug-likeness (QED) is 0.424. The zero-order valence-electron chi connectivity index (χ0n) is 23.9. The van der Waals surface area contributed by atoms with Crippen molar-refractivity contribution in [2.24, 2.45) is 11.3 Å². The first-order valence-electron chi connectivity index (χ1n) is 14.0. The third-order valence-corrected chi connectivity index (χ3v) is 7.94. The summed E-state index contributed by atoms with van der Waals surface area (Å²) in [5.74, 6) is 0.468. The van der Waals surface area contributed by atoms with Gasteiger partial charge in [-0.25, -0.2) is 14.2 Å². The summed E-state index contributed by atoms with van der Waals surface area (Å²) in [4.78, 5) is 34.8. The van der Waals surface area contributed by atoms with Crippen molar-refractivity contribution in [3.63, 3.8) is 0 Å². The van der Waals surface area contributed by atoms with Crippen LogP contribution in [0.5, 0.6) is 11.6 Å². The number of likely N-dealkylation sites (tertiary alicyclic amines) is 1. The number of hydrogen-bond acceptors (Lipinski definition) is 8. The molecular formula is C28H40FN7O4. The number of nitrogens with one attached hydrogen (secondary N) is 1. The maximum Gasteiger partial charge on any atom is 0.404 e. The van der Waals surface area contributed by atoms with Gasteiger partial charge in [0.1, 0.15) is 17.9 Å². The molecule has 12 heteroatoms. The summed E-state index contributed by atoms with van der Waals surface area (Å²) < 4.78 is 20.3. The summed E-state index contributed by atoms with van der Waals surface area (Å²) in [7, 11) is 0. The normalized spacial score (nSPS) is 17.2. The van der Waals surface area contributed by atoms with E-state index in [1.165, 1.54) is 24.5 Å². The molecule has 4 rings (SSSR count). The van der Waals surface area contributed by atoms with Gasteiger partial charge in [-0.3, -0.25) is 9.69 Å². The topological polar surface area (TPSA) is 124 Å². The van der Waals surface area contributed by atoms with Gasteiger partial charge >= 0.3 is 6.09 Å². The van der Waals surface area contributed by atoms with Gasteiger partial charge in [0.15, 0.2) is 5.82 Å². The lowest BCUT2D eigenvalue weighted by atomic mass is 9.76. The molecule has 2 fully saturated rings. The molecule has 1 aromatic heterocycles. The van der Waals surface area contributed by atoms with E-state index in [-0.39, 0.29) is 34.6 Å². The smallest absolute Gasteiger partial charge is 0.404 e. The summed E-state index contributed by atoms with van der Waals surface area (Å²) >= 11 is 0. The van der Waals surface area contributed by atoms with Crippen LogP contribution in [0.15, 0.2) is 24.5 Å². The van der Waals surface area contributed by atoms with E-state index in [1.54, 1.807) is 4.90 Å². The Morgan fingerprint density at radius 1 is 1.23 bits per heavy atom. The van der Waals surface area contributed by atoms with E-state index in [0.29, 0.717) is 30.9 Å². The van der Waals surface area contributed by atoms with Crippen molar-refractivity contribution in [1.29, 1.82) is 0 Å². The molecule has 2 saturated heterocycles. The lowest BCUT2D eigenvalue weighted by Crippen LogP contribution is -2.62. The second-order valence-electron chi connectivity index (χ2n) is 11.4. The van der Waals surface area contributed by atoms with Crippen LogP contribution in [-0.4, -0.2) is 93.4 Å². The first-order chi connectivity index (χ1) is 19.0. The fraction of sp³-hybridized carbons (Fsp3) is 0.607. The number of nitrogens with zero attached hydrogens (tertiary/aromatic N) is 6. The van der Waals surface area contributed by atoms with Crippen LogP contribution < -0.4 is 15.0 Å². The van der Waals surface area contributed by atoms with Crippen molar-refractivity contribution in [2.45, 2.75) is 59.5 Å². The largest absolute Gasteiger partial charge is 0.465 e. The highest BCUT2D eigenvalue weighted by molar-refractivity contribution is 5.97. The van der Waals surface area contributed by atoms with Crippen LogP contribution in [0.2, 0.25) is 0 Å². The van der Waals surface area contributed by atoms with Crippen LogP contribution in [-0.2, 0) is 0 Å². The fourth-order valence-corrected chi connectivity index (χ4v) is 5.99. The molecule has 2 N–H and O–H groups in total. The Labute approximate surface area is 234 Å². The minimum atomic E-state index is -0.995. The lowest BCUT2D eigenvalue weighted by molar-refractivity contribution is -0.0331. The van der Waals surface area contributed by atoms with Crippen molar-refractivity contribution in [3.05, 3.63) is 35.9 Å². The second-order valence-corrected chi connectivity index (χ2v) is 11.4. The zero-order valence-corrected chi connectivity index (χ0v) is 23.9. The summed E-state index contributed by atoms with van der Waals surface area (Å²) in [6.07, 6.45) is 2.12. The van der Waals surface area contributed by atoms with E-state index in [2.05, 4.69) is 44.1 Å². The fourth-order valence-electron chi connectivity index (χ4n) is 5.99. The number of halogens is 1. The van der Waals surface area contributed by atoms with Gasteiger partial charge in [-0.15, -0.1) is 10.2 Å². The first kappa shape index (κ1) is 29.4. The van der Waals surface area contributed by atoms with Crippen LogP contribution in [0.25, 0.3) is 0 Å². The standard InChI is InChI=1S/C28H40FN7O4/c1-6-36(19(4)5)26(37)21-13-20(29)7-8-23(21)40-25-24(31-17-32-33-25)34-12-10-28(14-34)15-35(16-28)22(18(2)3)9-11-30-27(38)39/h7-8,13,17-19,22,30H,6,9-12,14-16H2,1-5H3,(H,38,39)/t22-/m0/s1. The van der Waals surface area contributed by atoms with Gasteiger partial charge in [-0.2, -0.15) is 0 Å². The van der Waals surface area contributed by atoms with Crippen LogP contribution in [0.4, 0.5) is 15.0 Å². The minimum Gasteiger partial charge on any atom is -0.465 e. The van der Waals surface area contributed by atoms with Crippen LogP contribution in [0.3, 0.4) is 0 Å². The highest BCUT2D eigenvalue weighted by Gasteiger charge is 2.50. The van der Waals surface area contributed by atoms with Crippen molar-refractivity contribution in [3.8, 4) is 11.6 Å². The average Bonchev–Trinajstić information content (AvgIpc) is 3.33. The Bertz CT molecular complexity index is 1200. The number of hydrogen-bond donors (Lipinski definition) is 2. The summed E-state index contributed by atoms with van der Waals surface area (Å²) in [6.45, 7) is 14.3. The van der Waals surface area contributed by atoms with Crippen molar-refractivity contribution in [1.82, 2.24) is 30.3 Å². The highest BCUT2D eigenvalue weighted by atomic mass is 19.1. The number of carbonyl (C=O) groups is 2. The van der Waals surface area contributed by atoms with E-state index in [0.717, 1.165) is 39.0 Å². The molecule has 1 aromatic carbocycles. The maximum absolute atomic E-state index is 14.2. The van der Waals surface area contributed by atoms with Gasteiger partial charge in [-0.1, -0.05) is 13.8 Å². The third-order valence-electron chi connectivity index (χ3n) is 7.94. The van der Waals surface area contributed by atoms with Crippen LogP contribution >= 0.6 is 0 Å². The minimum absolute atomic E-state index is 0.0612. The molecule has 1 spiro atoms. The Balaban J connectivity index is 1.48.